The summed E-state index contributed by atoms with van der Waals surface area (Å²) in [6.45, 7) is 0.467. The van der Waals surface area contributed by atoms with Gasteiger partial charge in [0.25, 0.3) is 5.69 Å². The van der Waals surface area contributed by atoms with Crippen molar-refractivity contribution in [3.63, 3.8) is 0 Å². The van der Waals surface area contributed by atoms with Crippen LogP contribution in [0.1, 0.15) is 5.56 Å². The van der Waals surface area contributed by atoms with Gasteiger partial charge in [0, 0.05) is 24.5 Å². The summed E-state index contributed by atoms with van der Waals surface area (Å²) in [5.74, 6) is 0. The predicted molar refractivity (Wildman–Crippen MR) is 77.4 cm³/mol. The number of hydrogen-bond donors (Lipinski definition) is 1. The molecule has 7 heteroatoms. The average Bonchev–Trinajstić information content (AvgIpc) is 2.37. The molecule has 0 radical (unpaired) electrons. The lowest BCUT2D eigenvalue weighted by Crippen LogP contribution is -2.00. The molecule has 2 aromatic rings. The smallest absolute Gasteiger partial charge is 0.283 e. The third-order valence-corrected chi connectivity index (χ3v) is 3.31. The molecule has 0 atom stereocenters. The first-order chi connectivity index (χ1) is 9.06. The van der Waals surface area contributed by atoms with Gasteiger partial charge in [0.1, 0.15) is 5.15 Å². The van der Waals surface area contributed by atoms with Gasteiger partial charge in [-0.2, -0.15) is 0 Å². The van der Waals surface area contributed by atoms with Crippen LogP contribution in [-0.4, -0.2) is 9.91 Å². The van der Waals surface area contributed by atoms with Gasteiger partial charge in [0.15, 0.2) is 0 Å². The first kappa shape index (κ1) is 13.8. The van der Waals surface area contributed by atoms with Crippen LogP contribution in [0.2, 0.25) is 5.15 Å². The fourth-order valence-corrected chi connectivity index (χ4v) is 2.09. The molecule has 0 aliphatic carbocycles. The lowest BCUT2D eigenvalue weighted by atomic mass is 10.2. The monoisotopic (exact) mass is 341 g/mol. The van der Waals surface area contributed by atoms with E-state index in [9.17, 15) is 10.1 Å². The molecule has 98 valence electrons. The summed E-state index contributed by atoms with van der Waals surface area (Å²) < 4.78 is 0.466. The summed E-state index contributed by atoms with van der Waals surface area (Å²) in [5.41, 5.74) is 1.67. The van der Waals surface area contributed by atoms with E-state index in [1.165, 1.54) is 6.07 Å². The SMILES string of the molecule is O=[N+]([O-])c1cc(CNc2ccnc(Cl)c2)ccc1Br. The van der Waals surface area contributed by atoms with Crippen LogP contribution in [-0.2, 0) is 6.54 Å². The van der Waals surface area contributed by atoms with Crippen molar-refractivity contribution in [1.82, 2.24) is 4.98 Å². The van der Waals surface area contributed by atoms with E-state index in [4.69, 9.17) is 11.6 Å². The van der Waals surface area contributed by atoms with Crippen molar-refractivity contribution in [3.8, 4) is 0 Å². The molecular formula is C12H9BrClN3O2. The van der Waals surface area contributed by atoms with E-state index < -0.39 is 4.92 Å². The Labute approximate surface area is 122 Å². The molecule has 0 unspecified atom stereocenters. The molecule has 0 aliphatic heterocycles. The summed E-state index contributed by atoms with van der Waals surface area (Å²) in [6.07, 6.45) is 1.59. The minimum atomic E-state index is -0.420. The fraction of sp³-hybridized carbons (Fsp3) is 0.0833. The van der Waals surface area contributed by atoms with Crippen molar-refractivity contribution in [2.75, 3.05) is 5.32 Å². The van der Waals surface area contributed by atoms with Gasteiger partial charge in [0.2, 0.25) is 0 Å². The van der Waals surface area contributed by atoms with Crippen molar-refractivity contribution in [1.29, 1.82) is 0 Å². The van der Waals surface area contributed by atoms with E-state index >= 15 is 0 Å². The van der Waals surface area contributed by atoms with E-state index in [2.05, 4.69) is 26.2 Å². The zero-order valence-electron chi connectivity index (χ0n) is 9.64. The number of rotatable bonds is 4. The summed E-state index contributed by atoms with van der Waals surface area (Å²) in [5, 5.41) is 14.3. The van der Waals surface area contributed by atoms with E-state index in [1.807, 2.05) is 6.07 Å². The summed E-state index contributed by atoms with van der Waals surface area (Å²) in [7, 11) is 0. The molecule has 0 spiro atoms. The maximum atomic E-state index is 10.8. The predicted octanol–water partition coefficient (Wildman–Crippen LogP) is 4.02. The summed E-state index contributed by atoms with van der Waals surface area (Å²) in [4.78, 5) is 14.3. The Hall–Kier alpha value is -1.66. The average molecular weight is 343 g/mol. The van der Waals surface area contributed by atoms with Gasteiger partial charge < -0.3 is 5.32 Å². The Bertz CT molecular complexity index is 622. The van der Waals surface area contributed by atoms with Gasteiger partial charge in [0.05, 0.1) is 9.40 Å². The zero-order chi connectivity index (χ0) is 13.8. The molecule has 1 aromatic heterocycles. The maximum Gasteiger partial charge on any atom is 0.283 e. The van der Waals surface area contributed by atoms with Gasteiger partial charge in [-0.1, -0.05) is 17.7 Å². The maximum absolute atomic E-state index is 10.8. The fourth-order valence-electron chi connectivity index (χ4n) is 1.52. The second kappa shape index (κ2) is 5.99. The van der Waals surface area contributed by atoms with Crippen molar-refractivity contribution in [3.05, 3.63) is 61.8 Å². The molecular weight excluding hydrogens is 334 g/mol. The number of pyridine rings is 1. The van der Waals surface area contributed by atoms with Gasteiger partial charge in [-0.15, -0.1) is 0 Å². The molecule has 1 aromatic carbocycles. The lowest BCUT2D eigenvalue weighted by molar-refractivity contribution is -0.385. The van der Waals surface area contributed by atoms with Crippen molar-refractivity contribution >= 4 is 38.9 Å². The number of nitrogens with zero attached hydrogens (tertiary/aromatic N) is 2. The van der Waals surface area contributed by atoms with Crippen molar-refractivity contribution in [2.45, 2.75) is 6.54 Å². The van der Waals surface area contributed by atoms with Crippen LogP contribution in [0.3, 0.4) is 0 Å². The molecule has 5 nitrogen and oxygen atoms in total. The number of nitrogens with one attached hydrogen (secondary N) is 1. The van der Waals surface area contributed by atoms with Crippen LogP contribution in [0, 0.1) is 10.1 Å². The molecule has 0 amide bonds. The van der Waals surface area contributed by atoms with Crippen molar-refractivity contribution < 1.29 is 4.92 Å². The molecule has 0 saturated heterocycles. The number of halogens is 2. The molecule has 19 heavy (non-hydrogen) atoms. The summed E-state index contributed by atoms with van der Waals surface area (Å²) in [6, 6.07) is 8.47. The quantitative estimate of drug-likeness (QED) is 0.518. The van der Waals surface area contributed by atoms with Crippen molar-refractivity contribution in [2.24, 2.45) is 0 Å². The molecule has 2 rings (SSSR count). The zero-order valence-corrected chi connectivity index (χ0v) is 12.0. The highest BCUT2D eigenvalue weighted by molar-refractivity contribution is 9.10. The van der Waals surface area contributed by atoms with Gasteiger partial charge in [-0.05, 0) is 39.7 Å². The number of hydrogen-bond acceptors (Lipinski definition) is 4. The van der Waals surface area contributed by atoms with Gasteiger partial charge in [-0.25, -0.2) is 4.98 Å². The molecule has 1 heterocycles. The normalized spacial score (nSPS) is 10.2. The Balaban J connectivity index is 2.12. The second-order valence-electron chi connectivity index (χ2n) is 3.76. The molecule has 0 fully saturated rings. The molecule has 0 saturated carbocycles. The lowest BCUT2D eigenvalue weighted by Gasteiger charge is -2.07. The van der Waals surface area contributed by atoms with Crippen LogP contribution in [0.15, 0.2) is 41.0 Å². The second-order valence-corrected chi connectivity index (χ2v) is 5.01. The highest BCUT2D eigenvalue weighted by atomic mass is 79.9. The van der Waals surface area contributed by atoms with E-state index in [1.54, 1.807) is 24.4 Å². The van der Waals surface area contributed by atoms with Gasteiger partial charge >= 0.3 is 0 Å². The highest BCUT2D eigenvalue weighted by Crippen LogP contribution is 2.26. The largest absolute Gasteiger partial charge is 0.381 e. The topological polar surface area (TPSA) is 68.1 Å². The minimum absolute atomic E-state index is 0.0482. The van der Waals surface area contributed by atoms with Crippen LogP contribution in [0.25, 0.3) is 0 Å². The number of nitro benzene ring substituents is 1. The van der Waals surface area contributed by atoms with E-state index in [0.717, 1.165) is 11.3 Å². The number of benzene rings is 1. The Morgan fingerprint density at radius 3 is 2.84 bits per heavy atom. The number of aromatic nitrogens is 1. The van der Waals surface area contributed by atoms with E-state index in [-0.39, 0.29) is 5.69 Å². The number of nitro groups is 1. The first-order valence-electron chi connectivity index (χ1n) is 5.34. The standard InChI is InChI=1S/C12H9BrClN3O2/c13-10-2-1-8(5-11(10)17(18)19)7-16-9-3-4-15-12(14)6-9/h1-6H,7H2,(H,15,16). The third-order valence-electron chi connectivity index (χ3n) is 2.43. The van der Waals surface area contributed by atoms with Crippen LogP contribution < -0.4 is 5.32 Å². The Morgan fingerprint density at radius 1 is 1.37 bits per heavy atom. The van der Waals surface area contributed by atoms with E-state index in [0.29, 0.717) is 16.2 Å². The number of anilines is 1. The molecule has 0 bridgehead atoms. The summed E-state index contributed by atoms with van der Waals surface area (Å²) >= 11 is 8.92. The highest BCUT2D eigenvalue weighted by Gasteiger charge is 2.11. The van der Waals surface area contributed by atoms with Gasteiger partial charge in [-0.3, -0.25) is 10.1 Å². The van der Waals surface area contributed by atoms with Crippen LogP contribution in [0.5, 0.6) is 0 Å². The minimum Gasteiger partial charge on any atom is -0.381 e. The Kier molecular flexibility index (Phi) is 4.34. The third kappa shape index (κ3) is 3.65. The molecule has 0 aliphatic rings. The van der Waals surface area contributed by atoms with Crippen LogP contribution in [0.4, 0.5) is 11.4 Å². The van der Waals surface area contributed by atoms with Crippen LogP contribution >= 0.6 is 27.5 Å². The Morgan fingerprint density at radius 2 is 2.16 bits per heavy atom. The first-order valence-corrected chi connectivity index (χ1v) is 6.51. The molecule has 1 N–H and O–H groups in total.